The fourth-order valence-electron chi connectivity index (χ4n) is 1.91. The SMILES string of the molecule is NC1(c2ccc3c(c2)C=CS3(=O)=O)CC1. The summed E-state index contributed by atoms with van der Waals surface area (Å²) in [5.41, 5.74) is 7.67. The Bertz CT molecular complexity index is 568. The van der Waals surface area contributed by atoms with Crippen molar-refractivity contribution in [2.45, 2.75) is 23.3 Å². The minimum absolute atomic E-state index is 0.199. The lowest BCUT2D eigenvalue weighted by molar-refractivity contribution is 0.605. The highest BCUT2D eigenvalue weighted by Gasteiger charge is 2.40. The second-order valence-electron chi connectivity index (χ2n) is 4.26. The van der Waals surface area contributed by atoms with E-state index in [1.807, 2.05) is 12.1 Å². The smallest absolute Gasteiger partial charge is 0.200 e. The molecule has 78 valence electrons. The average Bonchev–Trinajstić information content (AvgIpc) is 2.87. The molecule has 0 atom stereocenters. The molecule has 0 amide bonds. The van der Waals surface area contributed by atoms with Gasteiger partial charge in [0.2, 0.25) is 0 Å². The molecule has 1 saturated carbocycles. The summed E-state index contributed by atoms with van der Waals surface area (Å²) < 4.78 is 23.0. The summed E-state index contributed by atoms with van der Waals surface area (Å²) in [6, 6.07) is 5.38. The van der Waals surface area contributed by atoms with E-state index in [2.05, 4.69) is 0 Å². The van der Waals surface area contributed by atoms with Gasteiger partial charge in [0.15, 0.2) is 9.84 Å². The summed E-state index contributed by atoms with van der Waals surface area (Å²) in [4.78, 5) is 0.399. The summed E-state index contributed by atoms with van der Waals surface area (Å²) in [6.07, 6.45) is 3.62. The predicted octanol–water partition coefficient (Wildman–Crippen LogP) is 1.39. The summed E-state index contributed by atoms with van der Waals surface area (Å²) in [5, 5.41) is 1.25. The Balaban J connectivity index is 2.17. The zero-order valence-corrected chi connectivity index (χ0v) is 8.92. The molecule has 2 aliphatic rings. The standard InChI is InChI=1S/C11H11NO2S/c12-11(4-5-11)9-1-2-10-8(7-9)3-6-15(10,13)14/h1-3,6-7H,4-5,12H2. The molecule has 15 heavy (non-hydrogen) atoms. The second-order valence-corrected chi connectivity index (χ2v) is 6.06. The monoisotopic (exact) mass is 221 g/mol. The number of hydrogen-bond acceptors (Lipinski definition) is 3. The zero-order chi connectivity index (χ0) is 10.7. The van der Waals surface area contributed by atoms with Gasteiger partial charge in [0.05, 0.1) is 4.90 Å². The van der Waals surface area contributed by atoms with Crippen LogP contribution in [0.2, 0.25) is 0 Å². The summed E-state index contributed by atoms with van der Waals surface area (Å²) in [5.74, 6) is 0. The summed E-state index contributed by atoms with van der Waals surface area (Å²) >= 11 is 0. The highest BCUT2D eigenvalue weighted by molar-refractivity contribution is 7.94. The topological polar surface area (TPSA) is 60.2 Å². The largest absolute Gasteiger partial charge is 0.321 e. The van der Waals surface area contributed by atoms with E-state index in [0.717, 1.165) is 24.0 Å². The van der Waals surface area contributed by atoms with Crippen LogP contribution in [-0.2, 0) is 15.4 Å². The predicted molar refractivity (Wildman–Crippen MR) is 57.8 cm³/mol. The molecule has 0 unspecified atom stereocenters. The molecular formula is C11H11NO2S. The molecule has 1 aromatic carbocycles. The number of nitrogens with two attached hydrogens (primary N) is 1. The maximum atomic E-state index is 11.5. The van der Waals surface area contributed by atoms with Gasteiger partial charge in [-0.1, -0.05) is 6.07 Å². The minimum atomic E-state index is -3.17. The Hall–Kier alpha value is -1.13. The van der Waals surface area contributed by atoms with Crippen molar-refractivity contribution in [2.75, 3.05) is 0 Å². The molecule has 0 saturated heterocycles. The number of fused-ring (bicyclic) bond motifs is 1. The number of benzene rings is 1. The van der Waals surface area contributed by atoms with E-state index >= 15 is 0 Å². The van der Waals surface area contributed by atoms with Crippen molar-refractivity contribution in [3.63, 3.8) is 0 Å². The zero-order valence-electron chi connectivity index (χ0n) is 8.10. The molecule has 4 heteroatoms. The van der Waals surface area contributed by atoms with Crippen molar-refractivity contribution < 1.29 is 8.42 Å². The van der Waals surface area contributed by atoms with Gasteiger partial charge in [-0.05, 0) is 42.2 Å². The summed E-state index contributed by atoms with van der Waals surface area (Å²) in [6.45, 7) is 0. The third-order valence-corrected chi connectivity index (χ3v) is 4.59. The molecule has 3 nitrogen and oxygen atoms in total. The van der Waals surface area contributed by atoms with Crippen LogP contribution in [0.4, 0.5) is 0 Å². The second kappa shape index (κ2) is 2.51. The van der Waals surface area contributed by atoms with Gasteiger partial charge in [0.25, 0.3) is 0 Å². The van der Waals surface area contributed by atoms with Crippen molar-refractivity contribution >= 4 is 15.9 Å². The maximum Gasteiger partial charge on any atom is 0.200 e. The first-order valence-corrected chi connectivity index (χ1v) is 6.43. The first-order valence-electron chi connectivity index (χ1n) is 4.88. The number of hydrogen-bond donors (Lipinski definition) is 1. The van der Waals surface area contributed by atoms with Gasteiger partial charge in [-0.25, -0.2) is 8.42 Å². The molecule has 2 N–H and O–H groups in total. The Kier molecular flexibility index (Phi) is 1.53. The lowest BCUT2D eigenvalue weighted by atomic mass is 10.0. The van der Waals surface area contributed by atoms with E-state index in [9.17, 15) is 8.42 Å². The van der Waals surface area contributed by atoms with Crippen LogP contribution in [0.1, 0.15) is 24.0 Å². The third kappa shape index (κ3) is 1.25. The number of rotatable bonds is 1. The minimum Gasteiger partial charge on any atom is -0.321 e. The van der Waals surface area contributed by atoms with Crippen molar-refractivity contribution in [3.05, 3.63) is 34.7 Å². The van der Waals surface area contributed by atoms with E-state index < -0.39 is 9.84 Å². The molecule has 3 rings (SSSR count). The lowest BCUT2D eigenvalue weighted by Crippen LogP contribution is -2.18. The van der Waals surface area contributed by atoms with Crippen molar-refractivity contribution in [2.24, 2.45) is 5.73 Å². The first kappa shape index (κ1) is 9.12. The molecule has 1 aliphatic heterocycles. The highest BCUT2D eigenvalue weighted by atomic mass is 32.2. The molecule has 1 heterocycles. The molecule has 1 fully saturated rings. The van der Waals surface area contributed by atoms with Gasteiger partial charge in [-0.3, -0.25) is 0 Å². The van der Waals surface area contributed by atoms with Crippen LogP contribution in [0.3, 0.4) is 0 Å². The van der Waals surface area contributed by atoms with E-state index in [4.69, 9.17) is 5.73 Å². The number of sulfone groups is 1. The molecule has 0 aromatic heterocycles. The van der Waals surface area contributed by atoms with Crippen LogP contribution < -0.4 is 5.73 Å². The highest BCUT2D eigenvalue weighted by Crippen LogP contribution is 2.44. The third-order valence-electron chi connectivity index (χ3n) is 3.11. The van der Waals surface area contributed by atoms with Crippen molar-refractivity contribution in [3.8, 4) is 0 Å². The van der Waals surface area contributed by atoms with Crippen LogP contribution in [-0.4, -0.2) is 8.42 Å². The van der Waals surface area contributed by atoms with Gasteiger partial charge in [-0.15, -0.1) is 0 Å². The Morgan fingerprint density at radius 3 is 2.67 bits per heavy atom. The molecule has 0 bridgehead atoms. The Morgan fingerprint density at radius 2 is 2.00 bits per heavy atom. The van der Waals surface area contributed by atoms with Gasteiger partial charge in [-0.2, -0.15) is 0 Å². The average molecular weight is 221 g/mol. The van der Waals surface area contributed by atoms with Gasteiger partial charge in [0, 0.05) is 10.9 Å². The van der Waals surface area contributed by atoms with E-state index in [1.165, 1.54) is 5.41 Å². The normalized spacial score (nSPS) is 23.8. The van der Waals surface area contributed by atoms with Crippen LogP contribution >= 0.6 is 0 Å². The van der Waals surface area contributed by atoms with Crippen LogP contribution in [0.15, 0.2) is 28.5 Å². The van der Waals surface area contributed by atoms with Gasteiger partial charge >= 0.3 is 0 Å². The summed E-state index contributed by atoms with van der Waals surface area (Å²) in [7, 11) is -3.17. The molecular weight excluding hydrogens is 210 g/mol. The van der Waals surface area contributed by atoms with E-state index in [1.54, 1.807) is 12.1 Å². The van der Waals surface area contributed by atoms with Gasteiger partial charge < -0.3 is 5.73 Å². The van der Waals surface area contributed by atoms with Crippen molar-refractivity contribution in [1.29, 1.82) is 0 Å². The lowest BCUT2D eigenvalue weighted by Gasteiger charge is -2.10. The van der Waals surface area contributed by atoms with Crippen molar-refractivity contribution in [1.82, 2.24) is 0 Å². The van der Waals surface area contributed by atoms with E-state index in [0.29, 0.717) is 4.90 Å². The van der Waals surface area contributed by atoms with Crippen LogP contribution in [0.5, 0.6) is 0 Å². The molecule has 1 aromatic rings. The fourth-order valence-corrected chi connectivity index (χ4v) is 3.09. The molecule has 0 spiro atoms. The first-order chi connectivity index (χ1) is 7.01. The van der Waals surface area contributed by atoms with Crippen LogP contribution in [0, 0.1) is 0 Å². The Labute approximate surface area is 88.5 Å². The Morgan fingerprint density at radius 1 is 1.27 bits per heavy atom. The van der Waals surface area contributed by atoms with Crippen LogP contribution in [0.25, 0.3) is 6.08 Å². The van der Waals surface area contributed by atoms with Gasteiger partial charge in [0.1, 0.15) is 0 Å². The molecule has 1 aliphatic carbocycles. The molecule has 0 radical (unpaired) electrons. The van der Waals surface area contributed by atoms with E-state index in [-0.39, 0.29) is 5.54 Å². The fraction of sp³-hybridized carbons (Fsp3) is 0.273. The quantitative estimate of drug-likeness (QED) is 0.779. The maximum absolute atomic E-state index is 11.5.